The van der Waals surface area contributed by atoms with Crippen LogP contribution in [0.1, 0.15) is 15.9 Å². The van der Waals surface area contributed by atoms with E-state index in [1.54, 1.807) is 25.3 Å². The number of aldehydes is 1. The van der Waals surface area contributed by atoms with Crippen LogP contribution in [0.2, 0.25) is 0 Å². The molecular formula is C20H23Br2NO4. The number of nitrogens with zero attached hydrogens (tertiary/aromatic N) is 1. The Kier molecular flexibility index (Phi) is 9.27. The lowest BCUT2D eigenvalue weighted by Crippen LogP contribution is -2.35. The molecular weight excluding hydrogens is 478 g/mol. The van der Waals surface area contributed by atoms with E-state index in [2.05, 4.69) is 48.9 Å². The Morgan fingerprint density at radius 1 is 1.00 bits per heavy atom. The molecule has 3 rings (SSSR count). The van der Waals surface area contributed by atoms with Crippen molar-refractivity contribution in [1.29, 1.82) is 0 Å². The van der Waals surface area contributed by atoms with Gasteiger partial charge in [-0.3, -0.25) is 9.69 Å². The van der Waals surface area contributed by atoms with E-state index in [0.717, 1.165) is 53.8 Å². The van der Waals surface area contributed by atoms with Gasteiger partial charge in [-0.25, -0.2) is 0 Å². The number of carbonyl (C=O) groups excluding carboxylic acids is 1. The zero-order chi connectivity index (χ0) is 19.6. The number of rotatable bonds is 5. The smallest absolute Gasteiger partial charge is 0.153 e. The molecule has 27 heavy (non-hydrogen) atoms. The number of hydrogen-bond donors (Lipinski definition) is 0. The predicted octanol–water partition coefficient (Wildman–Crippen LogP) is 4.56. The van der Waals surface area contributed by atoms with Crippen molar-refractivity contribution < 1.29 is 19.0 Å². The Balaban J connectivity index is 0.000000208. The molecule has 1 heterocycles. The molecule has 1 aliphatic heterocycles. The monoisotopic (exact) mass is 499 g/mol. The van der Waals surface area contributed by atoms with E-state index < -0.39 is 0 Å². The highest BCUT2D eigenvalue weighted by molar-refractivity contribution is 9.10. The van der Waals surface area contributed by atoms with E-state index in [-0.39, 0.29) is 0 Å². The largest absolute Gasteiger partial charge is 0.496 e. The molecule has 0 amide bonds. The van der Waals surface area contributed by atoms with Gasteiger partial charge in [-0.1, -0.05) is 37.9 Å². The Hall–Kier alpha value is -1.41. The molecule has 0 aliphatic carbocycles. The second-order valence-corrected chi connectivity index (χ2v) is 7.68. The van der Waals surface area contributed by atoms with Gasteiger partial charge >= 0.3 is 0 Å². The zero-order valence-electron chi connectivity index (χ0n) is 15.4. The summed E-state index contributed by atoms with van der Waals surface area (Å²) in [5.74, 6) is 1.54. The zero-order valence-corrected chi connectivity index (χ0v) is 18.6. The molecule has 0 atom stereocenters. The highest BCUT2D eigenvalue weighted by Gasteiger charge is 2.13. The van der Waals surface area contributed by atoms with E-state index >= 15 is 0 Å². The molecule has 1 saturated heterocycles. The van der Waals surface area contributed by atoms with Gasteiger partial charge in [-0.05, 0) is 30.3 Å². The summed E-state index contributed by atoms with van der Waals surface area (Å²) in [5, 5.41) is 0. The maximum Gasteiger partial charge on any atom is 0.153 e. The van der Waals surface area contributed by atoms with Crippen LogP contribution in [-0.4, -0.2) is 51.7 Å². The van der Waals surface area contributed by atoms with Crippen LogP contribution >= 0.6 is 31.9 Å². The fourth-order valence-corrected chi connectivity index (χ4v) is 3.31. The van der Waals surface area contributed by atoms with Crippen LogP contribution in [0.25, 0.3) is 0 Å². The molecule has 0 N–H and O–H groups in total. The van der Waals surface area contributed by atoms with Crippen LogP contribution in [0.4, 0.5) is 0 Å². The van der Waals surface area contributed by atoms with E-state index in [1.165, 1.54) is 12.7 Å². The van der Waals surface area contributed by atoms with Crippen molar-refractivity contribution in [3.05, 3.63) is 56.5 Å². The van der Waals surface area contributed by atoms with Crippen molar-refractivity contribution in [3.8, 4) is 11.5 Å². The first kappa shape index (κ1) is 21.9. The normalized spacial score (nSPS) is 14.1. The SMILES string of the molecule is COc1cc(Br)ccc1C=O.COc1cc(Br)ccc1CN1CCOCC1. The number of hydrogen-bond acceptors (Lipinski definition) is 5. The van der Waals surface area contributed by atoms with Crippen LogP contribution in [0.3, 0.4) is 0 Å². The molecule has 1 aliphatic rings. The molecule has 5 nitrogen and oxygen atoms in total. The van der Waals surface area contributed by atoms with Gasteiger partial charge in [0.2, 0.25) is 0 Å². The molecule has 1 fully saturated rings. The molecule has 2 aromatic carbocycles. The molecule has 7 heteroatoms. The van der Waals surface area contributed by atoms with E-state index in [1.807, 2.05) is 6.07 Å². The number of morpholine rings is 1. The predicted molar refractivity (Wildman–Crippen MR) is 113 cm³/mol. The van der Waals surface area contributed by atoms with Crippen LogP contribution in [0.5, 0.6) is 11.5 Å². The number of carbonyl (C=O) groups is 1. The minimum Gasteiger partial charge on any atom is -0.496 e. The van der Waals surface area contributed by atoms with Gasteiger partial charge in [-0.15, -0.1) is 0 Å². The van der Waals surface area contributed by atoms with Crippen molar-refractivity contribution >= 4 is 38.1 Å². The summed E-state index contributed by atoms with van der Waals surface area (Å²) in [5.41, 5.74) is 1.79. The minimum absolute atomic E-state index is 0.565. The van der Waals surface area contributed by atoms with Gasteiger partial charge < -0.3 is 14.2 Å². The molecule has 2 aromatic rings. The van der Waals surface area contributed by atoms with Gasteiger partial charge in [0.1, 0.15) is 11.5 Å². The van der Waals surface area contributed by atoms with Gasteiger partial charge in [0.25, 0.3) is 0 Å². The summed E-state index contributed by atoms with van der Waals surface area (Å²) >= 11 is 6.72. The van der Waals surface area contributed by atoms with Gasteiger partial charge in [0.05, 0.1) is 33.0 Å². The highest BCUT2D eigenvalue weighted by atomic mass is 79.9. The fraction of sp³-hybridized carbons (Fsp3) is 0.350. The molecule has 0 radical (unpaired) electrons. The number of methoxy groups -OCH3 is 2. The maximum absolute atomic E-state index is 10.4. The van der Waals surface area contributed by atoms with Crippen LogP contribution in [0.15, 0.2) is 45.3 Å². The second kappa shape index (κ2) is 11.4. The maximum atomic E-state index is 10.4. The van der Waals surface area contributed by atoms with Crippen molar-refractivity contribution in [2.24, 2.45) is 0 Å². The molecule has 0 spiro atoms. The van der Waals surface area contributed by atoms with Crippen molar-refractivity contribution in [3.63, 3.8) is 0 Å². The fourth-order valence-electron chi connectivity index (χ4n) is 2.63. The van der Waals surface area contributed by atoms with E-state index in [0.29, 0.717) is 11.3 Å². The quantitative estimate of drug-likeness (QED) is 0.563. The third-order valence-corrected chi connectivity index (χ3v) is 5.06. The summed E-state index contributed by atoms with van der Waals surface area (Å²) in [7, 11) is 3.25. The Bertz CT molecular complexity index is 749. The van der Waals surface area contributed by atoms with E-state index in [9.17, 15) is 4.79 Å². The first-order valence-electron chi connectivity index (χ1n) is 8.48. The molecule has 0 aromatic heterocycles. The summed E-state index contributed by atoms with van der Waals surface area (Å²) in [4.78, 5) is 12.8. The van der Waals surface area contributed by atoms with Crippen LogP contribution in [-0.2, 0) is 11.3 Å². The van der Waals surface area contributed by atoms with Gasteiger partial charge in [0, 0.05) is 34.1 Å². The summed E-state index contributed by atoms with van der Waals surface area (Å²) in [6.45, 7) is 4.59. The summed E-state index contributed by atoms with van der Waals surface area (Å²) in [6, 6.07) is 11.4. The van der Waals surface area contributed by atoms with Crippen molar-refractivity contribution in [2.75, 3.05) is 40.5 Å². The summed E-state index contributed by atoms with van der Waals surface area (Å²) < 4.78 is 17.6. The molecule has 0 bridgehead atoms. The second-order valence-electron chi connectivity index (χ2n) is 5.85. The number of halogens is 2. The Morgan fingerprint density at radius 2 is 1.59 bits per heavy atom. The van der Waals surface area contributed by atoms with Gasteiger partial charge in [-0.2, -0.15) is 0 Å². The van der Waals surface area contributed by atoms with Crippen molar-refractivity contribution in [1.82, 2.24) is 4.90 Å². The lowest BCUT2D eigenvalue weighted by molar-refractivity contribution is 0.0339. The minimum atomic E-state index is 0.565. The van der Waals surface area contributed by atoms with E-state index in [4.69, 9.17) is 14.2 Å². The lowest BCUT2D eigenvalue weighted by atomic mass is 10.2. The van der Waals surface area contributed by atoms with Crippen LogP contribution < -0.4 is 9.47 Å². The Morgan fingerprint density at radius 3 is 2.19 bits per heavy atom. The standard InChI is InChI=1S/C12H16BrNO2.C8H7BrO2/c1-15-12-8-11(13)3-2-10(12)9-14-4-6-16-7-5-14;1-11-8-4-7(9)3-2-6(8)5-10/h2-3,8H,4-7,9H2,1H3;2-5H,1H3. The summed E-state index contributed by atoms with van der Waals surface area (Å²) in [6.07, 6.45) is 0.769. The molecule has 146 valence electrons. The number of benzene rings is 2. The van der Waals surface area contributed by atoms with Crippen LogP contribution in [0, 0.1) is 0 Å². The lowest BCUT2D eigenvalue weighted by Gasteiger charge is -2.27. The number of ether oxygens (including phenoxy) is 3. The average Bonchev–Trinajstić information content (AvgIpc) is 2.70. The molecule has 0 unspecified atom stereocenters. The first-order chi connectivity index (χ1) is 13.1. The highest BCUT2D eigenvalue weighted by Crippen LogP contribution is 2.25. The Labute approximate surface area is 176 Å². The first-order valence-corrected chi connectivity index (χ1v) is 10.1. The average molecular weight is 501 g/mol. The van der Waals surface area contributed by atoms with Gasteiger partial charge in [0.15, 0.2) is 6.29 Å². The third kappa shape index (κ3) is 6.92. The topological polar surface area (TPSA) is 48.0 Å². The molecule has 0 saturated carbocycles. The third-order valence-electron chi connectivity index (χ3n) is 4.07. The van der Waals surface area contributed by atoms with Crippen molar-refractivity contribution in [2.45, 2.75) is 6.54 Å².